The second-order valence-electron chi connectivity index (χ2n) is 6.18. The smallest absolute Gasteiger partial charge is 0.0897 e. The maximum atomic E-state index is 10.4. The van der Waals surface area contributed by atoms with Crippen molar-refractivity contribution in [3.8, 4) is 0 Å². The van der Waals surface area contributed by atoms with E-state index in [0.29, 0.717) is 6.04 Å². The van der Waals surface area contributed by atoms with Crippen molar-refractivity contribution in [1.82, 2.24) is 10.2 Å². The zero-order valence-corrected chi connectivity index (χ0v) is 13.4. The summed E-state index contributed by atoms with van der Waals surface area (Å²) in [5.74, 6) is 0.797. The first-order valence-electron chi connectivity index (χ1n) is 8.07. The van der Waals surface area contributed by atoms with Crippen molar-refractivity contribution < 1.29 is 9.84 Å². The van der Waals surface area contributed by atoms with Crippen molar-refractivity contribution in [3.05, 3.63) is 22.4 Å². The van der Waals surface area contributed by atoms with E-state index in [-0.39, 0.29) is 6.10 Å². The molecular weight excluding hydrogens is 284 g/mol. The second-order valence-corrected chi connectivity index (χ2v) is 7.16. The van der Waals surface area contributed by atoms with Gasteiger partial charge in [-0.1, -0.05) is 6.07 Å². The molecule has 2 fully saturated rings. The van der Waals surface area contributed by atoms with Crippen LogP contribution in [0, 0.1) is 5.92 Å². The number of nitrogens with zero attached hydrogens (tertiary/aromatic N) is 1. The van der Waals surface area contributed by atoms with Crippen LogP contribution in [-0.4, -0.2) is 55.4 Å². The molecule has 21 heavy (non-hydrogen) atoms. The molecule has 3 heterocycles. The molecule has 5 heteroatoms. The van der Waals surface area contributed by atoms with Crippen LogP contribution in [0.2, 0.25) is 0 Å². The lowest BCUT2D eigenvalue weighted by Crippen LogP contribution is -2.49. The number of rotatable bonds is 5. The summed E-state index contributed by atoms with van der Waals surface area (Å²) in [6, 6.07) is 4.38. The first-order valence-corrected chi connectivity index (χ1v) is 8.95. The molecule has 3 rings (SSSR count). The van der Waals surface area contributed by atoms with Gasteiger partial charge in [-0.3, -0.25) is 4.90 Å². The lowest BCUT2D eigenvalue weighted by molar-refractivity contribution is -0.0333. The summed E-state index contributed by atoms with van der Waals surface area (Å²) in [7, 11) is 0. The number of piperidine rings is 1. The van der Waals surface area contributed by atoms with E-state index in [1.165, 1.54) is 12.8 Å². The number of nitrogens with one attached hydrogen (secondary N) is 1. The highest BCUT2D eigenvalue weighted by Gasteiger charge is 2.28. The third-order valence-electron chi connectivity index (χ3n) is 4.67. The Morgan fingerprint density at radius 3 is 3.05 bits per heavy atom. The van der Waals surface area contributed by atoms with E-state index in [1.807, 2.05) is 17.5 Å². The van der Waals surface area contributed by atoms with Crippen LogP contribution in [0.15, 0.2) is 17.5 Å². The molecule has 118 valence electrons. The molecule has 4 nitrogen and oxygen atoms in total. The fraction of sp³-hybridized carbons (Fsp3) is 0.750. The van der Waals surface area contributed by atoms with Gasteiger partial charge in [0.1, 0.15) is 0 Å². The average Bonchev–Trinajstić information content (AvgIpc) is 3.05. The van der Waals surface area contributed by atoms with Gasteiger partial charge in [-0.25, -0.2) is 0 Å². The molecule has 2 atom stereocenters. The largest absolute Gasteiger partial charge is 0.388 e. The Morgan fingerprint density at radius 2 is 2.29 bits per heavy atom. The first kappa shape index (κ1) is 15.4. The van der Waals surface area contributed by atoms with Crippen LogP contribution < -0.4 is 5.32 Å². The maximum absolute atomic E-state index is 10.4. The van der Waals surface area contributed by atoms with Crippen LogP contribution in [0.5, 0.6) is 0 Å². The van der Waals surface area contributed by atoms with E-state index in [0.717, 1.165) is 56.6 Å². The van der Waals surface area contributed by atoms with Crippen LogP contribution in [0.1, 0.15) is 30.2 Å². The molecule has 0 bridgehead atoms. The summed E-state index contributed by atoms with van der Waals surface area (Å²) in [4.78, 5) is 3.62. The number of aliphatic hydroxyl groups is 1. The number of aliphatic hydroxyl groups excluding tert-OH is 1. The summed E-state index contributed by atoms with van der Waals surface area (Å²) in [6.45, 7) is 6.05. The Kier molecular flexibility index (Phi) is 5.66. The van der Waals surface area contributed by atoms with E-state index in [9.17, 15) is 5.11 Å². The molecule has 0 radical (unpaired) electrons. The van der Waals surface area contributed by atoms with Gasteiger partial charge in [0.2, 0.25) is 0 Å². The summed E-state index contributed by atoms with van der Waals surface area (Å²) in [6.07, 6.45) is 2.98. The normalized spacial score (nSPS) is 26.8. The van der Waals surface area contributed by atoms with Crippen molar-refractivity contribution in [1.29, 1.82) is 0 Å². The van der Waals surface area contributed by atoms with Gasteiger partial charge < -0.3 is 15.2 Å². The molecule has 2 aliphatic rings. The zero-order chi connectivity index (χ0) is 14.5. The Morgan fingerprint density at radius 1 is 1.43 bits per heavy atom. The van der Waals surface area contributed by atoms with E-state index in [2.05, 4.69) is 10.2 Å². The van der Waals surface area contributed by atoms with Crippen LogP contribution in [0.3, 0.4) is 0 Å². The highest BCUT2D eigenvalue weighted by Crippen LogP contribution is 2.27. The van der Waals surface area contributed by atoms with Gasteiger partial charge in [0.25, 0.3) is 0 Å². The van der Waals surface area contributed by atoms with Crippen molar-refractivity contribution >= 4 is 11.3 Å². The van der Waals surface area contributed by atoms with Crippen LogP contribution in [0.25, 0.3) is 0 Å². The zero-order valence-electron chi connectivity index (χ0n) is 12.5. The van der Waals surface area contributed by atoms with E-state index in [4.69, 9.17) is 4.74 Å². The van der Waals surface area contributed by atoms with Gasteiger partial charge in [0.05, 0.1) is 19.3 Å². The fourth-order valence-corrected chi connectivity index (χ4v) is 4.12. The standard InChI is InChI=1S/C16H26N2O2S/c19-15(16-2-1-9-21-16)10-14-12-20-8-7-18(14)11-13-3-5-17-6-4-13/h1-2,9,13-15,17,19H,3-8,10-12H2. The minimum absolute atomic E-state index is 0.353. The molecule has 2 N–H and O–H groups in total. The Labute approximate surface area is 131 Å². The lowest BCUT2D eigenvalue weighted by Gasteiger charge is -2.39. The van der Waals surface area contributed by atoms with Crippen LogP contribution in [-0.2, 0) is 4.74 Å². The molecular formula is C16H26N2O2S. The summed E-state index contributed by atoms with van der Waals surface area (Å²) >= 11 is 1.64. The Balaban J connectivity index is 1.55. The second kappa shape index (κ2) is 7.70. The van der Waals surface area contributed by atoms with Crippen molar-refractivity contribution in [2.24, 2.45) is 5.92 Å². The first-order chi connectivity index (χ1) is 10.3. The van der Waals surface area contributed by atoms with Gasteiger partial charge in [-0.15, -0.1) is 11.3 Å². The number of ether oxygens (including phenoxy) is 1. The molecule has 1 aromatic heterocycles. The monoisotopic (exact) mass is 310 g/mol. The molecule has 0 aliphatic carbocycles. The molecule has 0 spiro atoms. The maximum Gasteiger partial charge on any atom is 0.0897 e. The van der Waals surface area contributed by atoms with Gasteiger partial charge in [0.15, 0.2) is 0 Å². The Bertz CT molecular complexity index is 406. The summed E-state index contributed by atoms with van der Waals surface area (Å²) in [5.41, 5.74) is 0. The molecule has 2 saturated heterocycles. The Hall–Kier alpha value is -0.460. The van der Waals surface area contributed by atoms with E-state index >= 15 is 0 Å². The number of hydrogen-bond acceptors (Lipinski definition) is 5. The topological polar surface area (TPSA) is 44.7 Å². The van der Waals surface area contributed by atoms with Crippen molar-refractivity contribution in [2.45, 2.75) is 31.4 Å². The third-order valence-corrected chi connectivity index (χ3v) is 5.64. The number of hydrogen-bond donors (Lipinski definition) is 2. The molecule has 0 aromatic carbocycles. The van der Waals surface area contributed by atoms with Gasteiger partial charge in [0, 0.05) is 24.0 Å². The van der Waals surface area contributed by atoms with Crippen LogP contribution >= 0.6 is 11.3 Å². The minimum Gasteiger partial charge on any atom is -0.388 e. The van der Waals surface area contributed by atoms with Crippen molar-refractivity contribution in [3.63, 3.8) is 0 Å². The molecule has 0 amide bonds. The number of morpholine rings is 1. The SMILES string of the molecule is OC(CC1COCCN1CC1CCNCC1)c1cccs1. The van der Waals surface area contributed by atoms with Gasteiger partial charge in [-0.2, -0.15) is 0 Å². The van der Waals surface area contributed by atoms with Crippen LogP contribution in [0.4, 0.5) is 0 Å². The molecule has 1 aromatic rings. The summed E-state index contributed by atoms with van der Waals surface area (Å²) in [5, 5.41) is 15.9. The number of thiophene rings is 1. The average molecular weight is 310 g/mol. The predicted octanol–water partition coefficient (Wildman–Crippen LogP) is 1.87. The summed E-state index contributed by atoms with van der Waals surface area (Å²) < 4.78 is 5.66. The fourth-order valence-electron chi connectivity index (χ4n) is 3.40. The molecule has 2 aliphatic heterocycles. The highest BCUT2D eigenvalue weighted by atomic mass is 32.1. The quantitative estimate of drug-likeness (QED) is 0.871. The highest BCUT2D eigenvalue weighted by molar-refractivity contribution is 7.10. The van der Waals surface area contributed by atoms with Gasteiger partial charge in [-0.05, 0) is 49.7 Å². The molecule has 0 saturated carbocycles. The third kappa shape index (κ3) is 4.27. The molecule has 2 unspecified atom stereocenters. The van der Waals surface area contributed by atoms with E-state index in [1.54, 1.807) is 11.3 Å². The lowest BCUT2D eigenvalue weighted by atomic mass is 9.95. The van der Waals surface area contributed by atoms with Crippen molar-refractivity contribution in [2.75, 3.05) is 39.4 Å². The predicted molar refractivity (Wildman–Crippen MR) is 85.7 cm³/mol. The minimum atomic E-state index is -0.354. The van der Waals surface area contributed by atoms with Gasteiger partial charge >= 0.3 is 0 Å². The van der Waals surface area contributed by atoms with E-state index < -0.39 is 0 Å².